The lowest BCUT2D eigenvalue weighted by Gasteiger charge is -2.52. The van der Waals surface area contributed by atoms with Crippen molar-refractivity contribution in [2.75, 3.05) is 0 Å². The molecule has 1 heteroatoms. The molecule has 1 nitrogen and oxygen atoms in total. The number of carbonyl (C=O) groups excluding carboxylic acids is 1. The fourth-order valence-corrected chi connectivity index (χ4v) is 6.89. The first-order valence-corrected chi connectivity index (χ1v) is 6.03. The monoisotopic (exact) mass is 190 g/mol. The summed E-state index contributed by atoms with van der Waals surface area (Å²) in [7, 11) is 0. The van der Waals surface area contributed by atoms with Crippen LogP contribution in [-0.2, 0) is 4.79 Å². The van der Waals surface area contributed by atoms with Crippen LogP contribution in [0.1, 0.15) is 46.5 Å². The molecule has 4 saturated carbocycles. The Morgan fingerprint density at radius 3 is 2.50 bits per heavy atom. The van der Waals surface area contributed by atoms with Crippen molar-refractivity contribution in [2.24, 2.45) is 27.6 Å². The maximum absolute atomic E-state index is 12.1. The van der Waals surface area contributed by atoms with Crippen molar-refractivity contribution in [3.8, 4) is 0 Å². The van der Waals surface area contributed by atoms with Crippen LogP contribution in [0.2, 0.25) is 0 Å². The number of rotatable bonds is 1. The minimum atomic E-state index is 0.152. The minimum absolute atomic E-state index is 0.152. The first kappa shape index (κ1) is 7.90. The molecule has 0 amide bonds. The SMILES string of the molecule is CCC12CC3(C)C4(C)CC(CC1=O)C243. The van der Waals surface area contributed by atoms with Crippen molar-refractivity contribution >= 4 is 5.78 Å². The molecule has 14 heavy (non-hydrogen) atoms. The molecule has 0 aromatic heterocycles. The minimum Gasteiger partial charge on any atom is -0.299 e. The van der Waals surface area contributed by atoms with E-state index in [2.05, 4.69) is 20.8 Å². The summed E-state index contributed by atoms with van der Waals surface area (Å²) in [6, 6.07) is 0. The molecule has 0 aromatic carbocycles. The van der Waals surface area contributed by atoms with Crippen molar-refractivity contribution in [3.63, 3.8) is 0 Å². The molecule has 0 saturated heterocycles. The van der Waals surface area contributed by atoms with Gasteiger partial charge in [-0.25, -0.2) is 0 Å². The van der Waals surface area contributed by atoms with Crippen LogP contribution in [0.5, 0.6) is 0 Å². The normalized spacial score (nSPS) is 71.9. The standard InChI is InChI=1S/C13H18O/c1-4-12-7-11(3)10(2)6-8(5-9(12)14)13(10,11)12/h8H,4-7H2,1-3H3. The number of hydrogen-bond acceptors (Lipinski definition) is 1. The second-order valence-electron chi connectivity index (χ2n) is 6.61. The molecule has 0 radical (unpaired) electrons. The number of Topliss-reactive ketones (excluding diaryl/α,β-unsaturated/α-hetero) is 1. The molecule has 0 heterocycles. The summed E-state index contributed by atoms with van der Waals surface area (Å²) in [6.45, 7) is 7.12. The van der Waals surface area contributed by atoms with Crippen molar-refractivity contribution in [3.05, 3.63) is 0 Å². The van der Waals surface area contributed by atoms with Gasteiger partial charge in [0.05, 0.1) is 0 Å². The lowest BCUT2D eigenvalue weighted by molar-refractivity contribution is -0.139. The molecule has 4 aliphatic rings. The van der Waals surface area contributed by atoms with Crippen molar-refractivity contribution < 1.29 is 4.79 Å². The number of carbonyl (C=O) groups is 1. The van der Waals surface area contributed by atoms with E-state index in [0.29, 0.717) is 22.0 Å². The van der Waals surface area contributed by atoms with E-state index in [-0.39, 0.29) is 5.41 Å². The Morgan fingerprint density at radius 2 is 2.07 bits per heavy atom. The van der Waals surface area contributed by atoms with Gasteiger partial charge >= 0.3 is 0 Å². The second kappa shape index (κ2) is 1.52. The van der Waals surface area contributed by atoms with Crippen LogP contribution < -0.4 is 0 Å². The van der Waals surface area contributed by atoms with Crippen LogP contribution in [0.15, 0.2) is 0 Å². The Labute approximate surface area is 85.3 Å². The van der Waals surface area contributed by atoms with Gasteiger partial charge in [0.2, 0.25) is 0 Å². The van der Waals surface area contributed by atoms with Crippen molar-refractivity contribution in [1.82, 2.24) is 0 Å². The molecule has 4 aliphatic carbocycles. The summed E-state index contributed by atoms with van der Waals surface area (Å²) >= 11 is 0. The van der Waals surface area contributed by atoms with E-state index in [9.17, 15) is 4.79 Å². The maximum Gasteiger partial charge on any atom is 0.139 e. The molecule has 4 rings (SSSR count). The van der Waals surface area contributed by atoms with Crippen LogP contribution in [-0.4, -0.2) is 5.78 Å². The van der Waals surface area contributed by atoms with Crippen LogP contribution in [0, 0.1) is 27.6 Å². The summed E-state index contributed by atoms with van der Waals surface area (Å²) in [5.41, 5.74) is 1.78. The quantitative estimate of drug-likeness (QED) is 0.621. The Balaban J connectivity index is 1.95. The summed E-state index contributed by atoms with van der Waals surface area (Å²) in [5.74, 6) is 1.39. The van der Waals surface area contributed by atoms with Gasteiger partial charge in [0.25, 0.3) is 0 Å². The van der Waals surface area contributed by atoms with E-state index < -0.39 is 0 Å². The van der Waals surface area contributed by atoms with Crippen molar-refractivity contribution in [2.45, 2.75) is 46.5 Å². The molecule has 76 valence electrons. The van der Waals surface area contributed by atoms with Gasteiger partial charge in [-0.1, -0.05) is 20.8 Å². The highest BCUT2D eigenvalue weighted by molar-refractivity contribution is 5.94. The zero-order valence-corrected chi connectivity index (χ0v) is 9.31. The van der Waals surface area contributed by atoms with E-state index in [4.69, 9.17) is 0 Å². The average Bonchev–Trinajstić information content (AvgIpc) is 2.29. The van der Waals surface area contributed by atoms with E-state index in [1.807, 2.05) is 0 Å². The molecule has 0 N–H and O–H groups in total. The highest BCUT2D eigenvalue weighted by Gasteiger charge is 3.04. The molecule has 0 aromatic rings. The third kappa shape index (κ3) is 0.328. The largest absolute Gasteiger partial charge is 0.299 e. The van der Waals surface area contributed by atoms with E-state index in [1.165, 1.54) is 12.8 Å². The predicted octanol–water partition coefficient (Wildman–Crippen LogP) is 2.79. The Hall–Kier alpha value is -0.330. The van der Waals surface area contributed by atoms with Crippen LogP contribution >= 0.6 is 0 Å². The molecule has 5 unspecified atom stereocenters. The van der Waals surface area contributed by atoms with Gasteiger partial charge in [0, 0.05) is 11.8 Å². The Bertz CT molecular complexity index is 377. The lowest BCUT2D eigenvalue weighted by Crippen LogP contribution is -2.50. The Kier molecular flexibility index (Phi) is 0.859. The van der Waals surface area contributed by atoms with E-state index in [1.54, 1.807) is 0 Å². The van der Waals surface area contributed by atoms with Gasteiger partial charge in [-0.15, -0.1) is 0 Å². The van der Waals surface area contributed by atoms with Gasteiger partial charge in [0.15, 0.2) is 0 Å². The van der Waals surface area contributed by atoms with Crippen molar-refractivity contribution in [1.29, 1.82) is 0 Å². The average molecular weight is 190 g/mol. The summed E-state index contributed by atoms with van der Waals surface area (Å²) in [5, 5.41) is 0. The van der Waals surface area contributed by atoms with Gasteiger partial charge in [0.1, 0.15) is 5.78 Å². The highest BCUT2D eigenvalue weighted by atomic mass is 16.1. The molecule has 0 aliphatic heterocycles. The fourth-order valence-electron chi connectivity index (χ4n) is 6.89. The Morgan fingerprint density at radius 1 is 1.36 bits per heavy atom. The first-order chi connectivity index (χ1) is 6.50. The van der Waals surface area contributed by atoms with Crippen LogP contribution in [0.4, 0.5) is 0 Å². The number of hydrogen-bond donors (Lipinski definition) is 0. The maximum atomic E-state index is 12.1. The summed E-state index contributed by atoms with van der Waals surface area (Å²) in [4.78, 5) is 12.1. The van der Waals surface area contributed by atoms with Gasteiger partial charge < -0.3 is 0 Å². The van der Waals surface area contributed by atoms with Gasteiger partial charge in [-0.3, -0.25) is 4.79 Å². The van der Waals surface area contributed by atoms with E-state index >= 15 is 0 Å². The topological polar surface area (TPSA) is 17.1 Å². The predicted molar refractivity (Wildman–Crippen MR) is 53.7 cm³/mol. The zero-order chi connectivity index (χ0) is 9.98. The van der Waals surface area contributed by atoms with Crippen LogP contribution in [0.3, 0.4) is 0 Å². The summed E-state index contributed by atoms with van der Waals surface area (Å²) < 4.78 is 0. The smallest absolute Gasteiger partial charge is 0.139 e. The van der Waals surface area contributed by atoms with Gasteiger partial charge in [-0.05, 0) is 41.4 Å². The fraction of sp³-hybridized carbons (Fsp3) is 0.923. The third-order valence-electron chi connectivity index (χ3n) is 7.14. The van der Waals surface area contributed by atoms with Crippen LogP contribution in [0.25, 0.3) is 0 Å². The van der Waals surface area contributed by atoms with Gasteiger partial charge in [-0.2, -0.15) is 0 Å². The van der Waals surface area contributed by atoms with E-state index in [0.717, 1.165) is 18.8 Å². The highest BCUT2D eigenvalue weighted by Crippen LogP contribution is 3.07. The molecular weight excluding hydrogens is 172 g/mol. The molecule has 5 atom stereocenters. The molecule has 0 bridgehead atoms. The second-order valence-corrected chi connectivity index (χ2v) is 6.61. The third-order valence-corrected chi connectivity index (χ3v) is 7.14. The number of fused-ring (bicyclic) bond motifs is 1. The lowest BCUT2D eigenvalue weighted by atomic mass is 9.50. The molecular formula is C13H18O. The first-order valence-electron chi connectivity index (χ1n) is 6.03. The number of ketones is 1. The molecule has 1 spiro atoms. The summed E-state index contributed by atoms with van der Waals surface area (Å²) in [6.07, 6.45) is 4.58. The zero-order valence-electron chi connectivity index (χ0n) is 9.31. The molecule has 4 fully saturated rings.